The van der Waals surface area contributed by atoms with Gasteiger partial charge in [-0.25, -0.2) is 0 Å². The van der Waals surface area contributed by atoms with Crippen molar-refractivity contribution in [1.82, 2.24) is 19.9 Å². The van der Waals surface area contributed by atoms with Gasteiger partial charge in [0.2, 0.25) is 17.6 Å². The highest BCUT2D eigenvalue weighted by Gasteiger charge is 2.23. The predicted octanol–water partition coefficient (Wildman–Crippen LogP) is 3.23. The molecule has 1 unspecified atom stereocenters. The predicted molar refractivity (Wildman–Crippen MR) is 105 cm³/mol. The van der Waals surface area contributed by atoms with Crippen molar-refractivity contribution in [2.45, 2.75) is 32.1 Å². The van der Waals surface area contributed by atoms with Gasteiger partial charge in [0.15, 0.2) is 0 Å². The maximum atomic E-state index is 12.4. The first-order valence-electron chi connectivity index (χ1n) is 9.81. The summed E-state index contributed by atoms with van der Waals surface area (Å²) in [5.41, 5.74) is 0. The van der Waals surface area contributed by atoms with Gasteiger partial charge in [0.05, 0.1) is 4.88 Å². The zero-order valence-electron chi connectivity index (χ0n) is 15.5. The molecule has 0 aromatic carbocycles. The van der Waals surface area contributed by atoms with Gasteiger partial charge in [0.1, 0.15) is 0 Å². The average Bonchev–Trinajstić information content (AvgIpc) is 3.44. The van der Waals surface area contributed by atoms with Crippen LogP contribution in [0.15, 0.2) is 34.2 Å². The summed E-state index contributed by atoms with van der Waals surface area (Å²) in [7, 11) is 0. The Morgan fingerprint density at radius 1 is 1.30 bits per heavy atom. The first-order valence-corrected chi connectivity index (χ1v) is 10.7. The number of amides is 1. The van der Waals surface area contributed by atoms with E-state index in [1.54, 1.807) is 11.3 Å². The fraction of sp³-hybridized carbons (Fsp3) is 0.550. The molecule has 3 heterocycles. The van der Waals surface area contributed by atoms with Crippen LogP contribution in [0.2, 0.25) is 0 Å². The average molecular weight is 387 g/mol. The van der Waals surface area contributed by atoms with Crippen LogP contribution >= 0.6 is 11.3 Å². The number of allylic oxidation sites excluding steroid dienone is 2. The number of carbonyl (C=O) groups is 1. The quantitative estimate of drug-likeness (QED) is 0.684. The molecule has 144 valence electrons. The molecule has 1 aliphatic carbocycles. The second-order valence-electron chi connectivity index (χ2n) is 7.28. The van der Waals surface area contributed by atoms with Crippen molar-refractivity contribution in [3.63, 3.8) is 0 Å². The molecule has 0 saturated carbocycles. The number of aryl methyl sites for hydroxylation is 1. The number of piperazine rings is 1. The van der Waals surface area contributed by atoms with E-state index in [-0.39, 0.29) is 0 Å². The smallest absolute Gasteiger partial charge is 0.227 e. The van der Waals surface area contributed by atoms with Crippen LogP contribution in [0.5, 0.6) is 0 Å². The number of hydrogen-bond donors (Lipinski definition) is 0. The van der Waals surface area contributed by atoms with Gasteiger partial charge in [0, 0.05) is 39.0 Å². The van der Waals surface area contributed by atoms with Crippen LogP contribution in [0, 0.1) is 5.92 Å². The third-order valence-electron chi connectivity index (χ3n) is 5.35. The second kappa shape index (κ2) is 8.80. The summed E-state index contributed by atoms with van der Waals surface area (Å²) in [5, 5.41) is 6.07. The summed E-state index contributed by atoms with van der Waals surface area (Å²) in [6.07, 6.45) is 9.13. The first kappa shape index (κ1) is 18.4. The van der Waals surface area contributed by atoms with Crippen molar-refractivity contribution >= 4 is 17.2 Å². The Kier molecular flexibility index (Phi) is 5.99. The number of carbonyl (C=O) groups excluding carboxylic acids is 1. The Hall–Kier alpha value is -1.99. The van der Waals surface area contributed by atoms with Gasteiger partial charge in [-0.3, -0.25) is 9.69 Å². The minimum Gasteiger partial charge on any atom is -0.340 e. The standard InChI is InChI=1S/C20H26N4O2S/c25-19(15-16-5-1-2-6-16)24-12-10-23(11-13-24)9-3-8-18-21-20(22-26-18)17-7-4-14-27-17/h1,4-5,7,14,16H,2-3,6,8-13,15H2. The normalized spacial score (nSPS) is 20.4. The van der Waals surface area contributed by atoms with Crippen molar-refractivity contribution in [1.29, 1.82) is 0 Å². The SMILES string of the molecule is O=C(CC1C=CCC1)N1CCN(CCCc2nc(-c3cccs3)no2)CC1. The molecule has 4 rings (SSSR count). The van der Waals surface area contributed by atoms with E-state index in [0.29, 0.717) is 30.0 Å². The van der Waals surface area contributed by atoms with Crippen molar-refractivity contribution in [3.8, 4) is 10.7 Å². The van der Waals surface area contributed by atoms with Crippen LogP contribution in [-0.2, 0) is 11.2 Å². The van der Waals surface area contributed by atoms with Crippen molar-refractivity contribution in [2.24, 2.45) is 5.92 Å². The third-order valence-corrected chi connectivity index (χ3v) is 6.21. The topological polar surface area (TPSA) is 62.5 Å². The molecule has 0 N–H and O–H groups in total. The highest BCUT2D eigenvalue weighted by molar-refractivity contribution is 7.13. The van der Waals surface area contributed by atoms with E-state index in [0.717, 1.165) is 63.3 Å². The third kappa shape index (κ3) is 4.84. The number of hydrogen-bond acceptors (Lipinski definition) is 6. The van der Waals surface area contributed by atoms with Gasteiger partial charge in [-0.1, -0.05) is 23.4 Å². The summed E-state index contributed by atoms with van der Waals surface area (Å²) in [6.45, 7) is 4.61. The van der Waals surface area contributed by atoms with Gasteiger partial charge >= 0.3 is 0 Å². The minimum absolute atomic E-state index is 0.318. The zero-order valence-corrected chi connectivity index (χ0v) is 16.4. The number of thiophene rings is 1. The summed E-state index contributed by atoms with van der Waals surface area (Å²) < 4.78 is 5.36. The molecule has 1 amide bonds. The van der Waals surface area contributed by atoms with Crippen LogP contribution in [0.1, 0.15) is 31.6 Å². The summed E-state index contributed by atoms with van der Waals surface area (Å²) in [6, 6.07) is 3.99. The molecule has 1 aliphatic heterocycles. The molecule has 2 aliphatic rings. The molecule has 0 bridgehead atoms. The summed E-state index contributed by atoms with van der Waals surface area (Å²) in [4.78, 5) is 22.4. The maximum absolute atomic E-state index is 12.4. The van der Waals surface area contributed by atoms with E-state index in [1.165, 1.54) is 0 Å². The lowest BCUT2D eigenvalue weighted by Gasteiger charge is -2.35. The van der Waals surface area contributed by atoms with Crippen LogP contribution in [0.3, 0.4) is 0 Å². The van der Waals surface area contributed by atoms with Crippen LogP contribution in [-0.4, -0.2) is 58.6 Å². The fourth-order valence-corrected chi connectivity index (χ4v) is 4.40. The fourth-order valence-electron chi connectivity index (χ4n) is 3.76. The van der Waals surface area contributed by atoms with E-state index in [2.05, 4.69) is 27.2 Å². The lowest BCUT2D eigenvalue weighted by atomic mass is 10.0. The lowest BCUT2D eigenvalue weighted by molar-refractivity contribution is -0.133. The van der Waals surface area contributed by atoms with Crippen molar-refractivity contribution in [3.05, 3.63) is 35.6 Å². The number of rotatable bonds is 7. The maximum Gasteiger partial charge on any atom is 0.227 e. The Morgan fingerprint density at radius 3 is 2.93 bits per heavy atom. The van der Waals surface area contributed by atoms with E-state index < -0.39 is 0 Å². The van der Waals surface area contributed by atoms with E-state index in [4.69, 9.17) is 4.52 Å². The van der Waals surface area contributed by atoms with Gasteiger partial charge in [0.25, 0.3) is 0 Å². The monoisotopic (exact) mass is 386 g/mol. The molecule has 2 aromatic rings. The van der Waals surface area contributed by atoms with Gasteiger partial charge in [-0.2, -0.15) is 4.98 Å². The molecule has 1 atom stereocenters. The minimum atomic E-state index is 0.318. The van der Waals surface area contributed by atoms with Gasteiger partial charge < -0.3 is 9.42 Å². The van der Waals surface area contributed by atoms with Crippen LogP contribution in [0.25, 0.3) is 10.7 Å². The number of nitrogens with zero attached hydrogens (tertiary/aromatic N) is 4. The molecule has 0 radical (unpaired) electrons. The highest BCUT2D eigenvalue weighted by Crippen LogP contribution is 2.22. The van der Waals surface area contributed by atoms with Crippen molar-refractivity contribution in [2.75, 3.05) is 32.7 Å². The Labute approximate surface area is 163 Å². The van der Waals surface area contributed by atoms with Crippen LogP contribution < -0.4 is 0 Å². The molecule has 7 heteroatoms. The highest BCUT2D eigenvalue weighted by atomic mass is 32.1. The molecule has 2 aromatic heterocycles. The Bertz CT molecular complexity index is 763. The molecule has 1 fully saturated rings. The Morgan fingerprint density at radius 2 is 2.19 bits per heavy atom. The molecule has 0 spiro atoms. The van der Waals surface area contributed by atoms with E-state index in [1.807, 2.05) is 22.4 Å². The van der Waals surface area contributed by atoms with Crippen molar-refractivity contribution < 1.29 is 9.32 Å². The van der Waals surface area contributed by atoms with E-state index >= 15 is 0 Å². The zero-order chi connectivity index (χ0) is 18.5. The van der Waals surface area contributed by atoms with Crippen LogP contribution in [0.4, 0.5) is 0 Å². The first-order chi connectivity index (χ1) is 13.3. The number of aromatic nitrogens is 2. The molecule has 1 saturated heterocycles. The second-order valence-corrected chi connectivity index (χ2v) is 8.23. The largest absolute Gasteiger partial charge is 0.340 e. The van der Waals surface area contributed by atoms with Gasteiger partial charge in [-0.05, 0) is 43.2 Å². The van der Waals surface area contributed by atoms with E-state index in [9.17, 15) is 4.79 Å². The summed E-state index contributed by atoms with van der Waals surface area (Å²) in [5.74, 6) is 2.17. The molecular weight excluding hydrogens is 360 g/mol. The molecular formula is C20H26N4O2S. The lowest BCUT2D eigenvalue weighted by Crippen LogP contribution is -2.49. The molecule has 6 nitrogen and oxygen atoms in total. The Balaban J connectivity index is 1.15. The summed E-state index contributed by atoms with van der Waals surface area (Å²) >= 11 is 1.62. The molecule has 27 heavy (non-hydrogen) atoms. The van der Waals surface area contributed by atoms with Gasteiger partial charge in [-0.15, -0.1) is 11.3 Å².